The van der Waals surface area contributed by atoms with Gasteiger partial charge in [0.05, 0.1) is 5.75 Å². The Bertz CT molecular complexity index is 871. The van der Waals surface area contributed by atoms with Crippen molar-refractivity contribution in [1.82, 2.24) is 10.2 Å². The Kier molecular flexibility index (Phi) is 6.33. The smallest absolute Gasteiger partial charge is 0.234 e. The van der Waals surface area contributed by atoms with Gasteiger partial charge in [-0.3, -0.25) is 4.79 Å². The minimum atomic E-state index is -0.123. The largest absolute Gasteiger partial charge is 0.339 e. The van der Waals surface area contributed by atoms with Crippen LogP contribution in [0.15, 0.2) is 65.7 Å². The van der Waals surface area contributed by atoms with Crippen LogP contribution in [0.25, 0.3) is 0 Å². The first-order valence-electron chi connectivity index (χ1n) is 7.63. The van der Waals surface area contributed by atoms with Crippen molar-refractivity contribution in [3.8, 4) is 0 Å². The maximum Gasteiger partial charge on any atom is 0.234 e. The Hall–Kier alpha value is -2.28. The fourth-order valence-corrected chi connectivity index (χ4v) is 2.88. The maximum absolute atomic E-state index is 12.0. The average molecular weight is 405 g/mol. The van der Waals surface area contributed by atoms with E-state index in [-0.39, 0.29) is 11.7 Å². The van der Waals surface area contributed by atoms with Gasteiger partial charge in [-0.2, -0.15) is 0 Å². The van der Waals surface area contributed by atoms with Gasteiger partial charge in [0.25, 0.3) is 0 Å². The van der Waals surface area contributed by atoms with Gasteiger partial charge in [0.15, 0.2) is 5.82 Å². The number of thioether (sulfide) groups is 1. The quantitative estimate of drug-likeness (QED) is 0.548. The molecular formula is C18H14Cl2N4OS. The molecule has 0 aliphatic carbocycles. The Balaban J connectivity index is 1.50. The van der Waals surface area contributed by atoms with Crippen molar-refractivity contribution >= 4 is 58.1 Å². The number of nitrogens with one attached hydrogen (secondary N) is 2. The third kappa shape index (κ3) is 5.62. The molecule has 0 aliphatic heterocycles. The Morgan fingerprint density at radius 3 is 2.04 bits per heavy atom. The van der Waals surface area contributed by atoms with E-state index in [0.29, 0.717) is 26.6 Å². The molecule has 5 nitrogen and oxygen atoms in total. The standard InChI is InChI=1S/C18H14Cl2N4OS/c19-12-1-5-14(6-2-12)21-16-9-10-18(24-23-16)26-11-17(25)22-15-7-3-13(20)4-8-15/h1-10H,11H2,(H,21,23)(H,22,25). The summed E-state index contributed by atoms with van der Waals surface area (Å²) in [6.07, 6.45) is 0. The summed E-state index contributed by atoms with van der Waals surface area (Å²) < 4.78 is 0. The number of hydrogen-bond donors (Lipinski definition) is 2. The summed E-state index contributed by atoms with van der Waals surface area (Å²) in [4.78, 5) is 12.0. The lowest BCUT2D eigenvalue weighted by molar-refractivity contribution is -0.113. The zero-order valence-corrected chi connectivity index (χ0v) is 15.8. The molecular weight excluding hydrogens is 391 g/mol. The van der Waals surface area contributed by atoms with Gasteiger partial charge in [-0.25, -0.2) is 0 Å². The van der Waals surface area contributed by atoms with Crippen molar-refractivity contribution in [3.63, 3.8) is 0 Å². The van der Waals surface area contributed by atoms with Crippen molar-refractivity contribution in [3.05, 3.63) is 70.7 Å². The summed E-state index contributed by atoms with van der Waals surface area (Å²) in [5.74, 6) is 0.728. The third-order valence-electron chi connectivity index (χ3n) is 3.24. The number of anilines is 3. The highest BCUT2D eigenvalue weighted by atomic mass is 35.5. The molecule has 1 heterocycles. The molecule has 3 aromatic rings. The van der Waals surface area contributed by atoms with E-state index in [4.69, 9.17) is 23.2 Å². The molecule has 132 valence electrons. The van der Waals surface area contributed by atoms with Crippen LogP contribution < -0.4 is 10.6 Å². The van der Waals surface area contributed by atoms with Crippen LogP contribution in [-0.2, 0) is 4.79 Å². The number of aromatic nitrogens is 2. The highest BCUT2D eigenvalue weighted by molar-refractivity contribution is 7.99. The molecule has 0 aliphatic rings. The van der Waals surface area contributed by atoms with Gasteiger partial charge < -0.3 is 10.6 Å². The van der Waals surface area contributed by atoms with Crippen molar-refractivity contribution in [2.24, 2.45) is 0 Å². The summed E-state index contributed by atoms with van der Waals surface area (Å²) in [6, 6.07) is 17.9. The minimum Gasteiger partial charge on any atom is -0.339 e. The average Bonchev–Trinajstić information content (AvgIpc) is 2.65. The molecule has 0 unspecified atom stereocenters. The molecule has 1 amide bonds. The van der Waals surface area contributed by atoms with Crippen molar-refractivity contribution in [1.29, 1.82) is 0 Å². The first kappa shape index (κ1) is 18.5. The van der Waals surface area contributed by atoms with Gasteiger partial charge in [0, 0.05) is 21.4 Å². The zero-order valence-electron chi connectivity index (χ0n) is 13.4. The van der Waals surface area contributed by atoms with Crippen LogP contribution >= 0.6 is 35.0 Å². The molecule has 0 bridgehead atoms. The summed E-state index contributed by atoms with van der Waals surface area (Å²) in [5.41, 5.74) is 1.57. The highest BCUT2D eigenvalue weighted by Gasteiger charge is 2.06. The molecule has 3 rings (SSSR count). The third-order valence-corrected chi connectivity index (χ3v) is 4.66. The number of carbonyl (C=O) groups is 1. The summed E-state index contributed by atoms with van der Waals surface area (Å²) >= 11 is 13.0. The fourth-order valence-electron chi connectivity index (χ4n) is 2.01. The molecule has 0 saturated carbocycles. The predicted octanol–water partition coefficient (Wildman–Crippen LogP) is 5.26. The van der Waals surface area contributed by atoms with E-state index in [1.807, 2.05) is 18.2 Å². The van der Waals surface area contributed by atoms with E-state index in [9.17, 15) is 4.79 Å². The van der Waals surface area contributed by atoms with Crippen LogP contribution in [0.2, 0.25) is 10.0 Å². The molecule has 2 aromatic carbocycles. The predicted molar refractivity (Wildman–Crippen MR) is 108 cm³/mol. The molecule has 0 spiro atoms. The number of benzene rings is 2. The molecule has 0 saturated heterocycles. The summed E-state index contributed by atoms with van der Waals surface area (Å²) in [5, 5.41) is 16.1. The van der Waals surface area contributed by atoms with Crippen LogP contribution in [0.4, 0.5) is 17.2 Å². The van der Waals surface area contributed by atoms with Gasteiger partial charge >= 0.3 is 0 Å². The van der Waals surface area contributed by atoms with Crippen molar-refractivity contribution < 1.29 is 4.79 Å². The number of halogens is 2. The zero-order chi connectivity index (χ0) is 18.4. The summed E-state index contributed by atoms with van der Waals surface area (Å²) in [7, 11) is 0. The van der Waals surface area contributed by atoms with Crippen LogP contribution in [-0.4, -0.2) is 21.9 Å². The Morgan fingerprint density at radius 2 is 1.46 bits per heavy atom. The monoisotopic (exact) mass is 404 g/mol. The topological polar surface area (TPSA) is 66.9 Å². The van der Waals surface area contributed by atoms with Crippen LogP contribution in [0.5, 0.6) is 0 Å². The second kappa shape index (κ2) is 8.89. The number of hydrogen-bond acceptors (Lipinski definition) is 5. The van der Waals surface area contributed by atoms with E-state index in [1.165, 1.54) is 11.8 Å². The highest BCUT2D eigenvalue weighted by Crippen LogP contribution is 2.20. The lowest BCUT2D eigenvalue weighted by Gasteiger charge is -2.06. The minimum absolute atomic E-state index is 0.123. The fraction of sp³-hybridized carbons (Fsp3) is 0.0556. The van der Waals surface area contributed by atoms with Crippen LogP contribution in [0.3, 0.4) is 0 Å². The van der Waals surface area contributed by atoms with Gasteiger partial charge in [-0.05, 0) is 60.7 Å². The summed E-state index contributed by atoms with van der Waals surface area (Å²) in [6.45, 7) is 0. The number of nitrogens with zero attached hydrogens (tertiary/aromatic N) is 2. The van der Waals surface area contributed by atoms with Gasteiger partial charge in [-0.1, -0.05) is 35.0 Å². The van der Waals surface area contributed by atoms with E-state index in [0.717, 1.165) is 5.69 Å². The molecule has 0 fully saturated rings. The van der Waals surface area contributed by atoms with Gasteiger partial charge in [0.1, 0.15) is 5.03 Å². The van der Waals surface area contributed by atoms with Crippen LogP contribution in [0.1, 0.15) is 0 Å². The maximum atomic E-state index is 12.0. The second-order valence-electron chi connectivity index (χ2n) is 5.23. The molecule has 8 heteroatoms. The molecule has 2 N–H and O–H groups in total. The molecule has 26 heavy (non-hydrogen) atoms. The first-order chi connectivity index (χ1) is 12.6. The molecule has 0 radical (unpaired) electrons. The first-order valence-corrected chi connectivity index (χ1v) is 9.37. The SMILES string of the molecule is O=C(CSc1ccc(Nc2ccc(Cl)cc2)nn1)Nc1ccc(Cl)cc1. The van der Waals surface area contributed by atoms with E-state index < -0.39 is 0 Å². The van der Waals surface area contributed by atoms with Gasteiger partial charge in [0.2, 0.25) is 5.91 Å². The Morgan fingerprint density at radius 1 is 0.846 bits per heavy atom. The van der Waals surface area contributed by atoms with Crippen molar-refractivity contribution in [2.45, 2.75) is 5.03 Å². The van der Waals surface area contributed by atoms with E-state index in [2.05, 4.69) is 20.8 Å². The van der Waals surface area contributed by atoms with E-state index in [1.54, 1.807) is 42.5 Å². The van der Waals surface area contributed by atoms with E-state index >= 15 is 0 Å². The normalized spacial score (nSPS) is 10.4. The Labute approximate surface area is 165 Å². The molecule has 1 aromatic heterocycles. The van der Waals surface area contributed by atoms with Crippen LogP contribution in [0, 0.1) is 0 Å². The lowest BCUT2D eigenvalue weighted by Crippen LogP contribution is -2.14. The molecule has 0 atom stereocenters. The number of carbonyl (C=O) groups excluding carboxylic acids is 1. The number of rotatable bonds is 6. The van der Waals surface area contributed by atoms with Crippen molar-refractivity contribution in [2.75, 3.05) is 16.4 Å². The van der Waals surface area contributed by atoms with Gasteiger partial charge in [-0.15, -0.1) is 10.2 Å². The second-order valence-corrected chi connectivity index (χ2v) is 7.10. The number of amides is 1. The lowest BCUT2D eigenvalue weighted by atomic mass is 10.3.